The van der Waals surface area contributed by atoms with Crippen LogP contribution in [0.3, 0.4) is 0 Å². The van der Waals surface area contributed by atoms with Crippen molar-refractivity contribution in [1.29, 1.82) is 0 Å². The number of imide groups is 1. The van der Waals surface area contributed by atoms with E-state index in [1.54, 1.807) is 32.0 Å². The fourth-order valence-corrected chi connectivity index (χ4v) is 3.83. The summed E-state index contributed by atoms with van der Waals surface area (Å²) in [4.78, 5) is 39.6. The number of nitrogens with two attached hydrogens (primary N) is 1. The maximum absolute atomic E-state index is 13.3. The van der Waals surface area contributed by atoms with Crippen LogP contribution in [0.4, 0.5) is 11.4 Å². The summed E-state index contributed by atoms with van der Waals surface area (Å²) >= 11 is 1.37. The normalized spacial score (nSPS) is 16.6. The van der Waals surface area contributed by atoms with Gasteiger partial charge >= 0.3 is 0 Å². The smallest absolute Gasteiger partial charge is 0.256 e. The van der Waals surface area contributed by atoms with E-state index in [-0.39, 0.29) is 17.6 Å². The summed E-state index contributed by atoms with van der Waals surface area (Å²) < 4.78 is 0. The molecule has 146 valence electrons. The van der Waals surface area contributed by atoms with Crippen LogP contribution in [-0.4, -0.2) is 35.8 Å². The number of amides is 3. The van der Waals surface area contributed by atoms with Crippen LogP contribution in [0.2, 0.25) is 0 Å². The molecule has 28 heavy (non-hydrogen) atoms. The Bertz CT molecular complexity index is 944. The number of nitrogens with one attached hydrogen (secondary N) is 1. The number of thioether (sulfide) groups is 1. The minimum absolute atomic E-state index is 0.247. The fourth-order valence-electron chi connectivity index (χ4n) is 3.48. The Morgan fingerprint density at radius 1 is 1.21 bits per heavy atom. The van der Waals surface area contributed by atoms with E-state index in [1.165, 1.54) is 16.7 Å². The van der Waals surface area contributed by atoms with Crippen LogP contribution in [-0.2, 0) is 14.4 Å². The number of hydrogen-bond donors (Lipinski definition) is 2. The number of fused-ring (bicyclic) bond motifs is 3. The largest absolute Gasteiger partial charge is 0.398 e. The predicted molar refractivity (Wildman–Crippen MR) is 113 cm³/mol. The van der Waals surface area contributed by atoms with E-state index < -0.39 is 17.9 Å². The van der Waals surface area contributed by atoms with Crippen molar-refractivity contribution in [3.8, 4) is 11.1 Å². The first-order valence-electron chi connectivity index (χ1n) is 9.00. The minimum Gasteiger partial charge on any atom is -0.398 e. The van der Waals surface area contributed by atoms with Crippen LogP contribution in [0.25, 0.3) is 11.1 Å². The van der Waals surface area contributed by atoms with Crippen LogP contribution >= 0.6 is 11.8 Å². The molecule has 3 amide bonds. The summed E-state index contributed by atoms with van der Waals surface area (Å²) in [6.45, 7) is 3.36. The molecular formula is C21H23N3O3S. The highest BCUT2D eigenvalue weighted by atomic mass is 32.2. The lowest BCUT2D eigenvalue weighted by Gasteiger charge is -2.26. The second kappa shape index (κ2) is 8.06. The summed E-state index contributed by atoms with van der Waals surface area (Å²) in [6.07, 6.45) is 1.81. The summed E-state index contributed by atoms with van der Waals surface area (Å²) in [7, 11) is 0. The summed E-state index contributed by atoms with van der Waals surface area (Å²) in [5, 5.41) is 2.67. The molecule has 7 heteroatoms. The predicted octanol–water partition coefficient (Wildman–Crippen LogP) is 2.78. The summed E-state index contributed by atoms with van der Waals surface area (Å²) in [5.41, 5.74) is 9.50. The zero-order valence-corrected chi connectivity index (χ0v) is 16.9. The molecule has 0 saturated heterocycles. The van der Waals surface area contributed by atoms with E-state index in [0.717, 1.165) is 11.1 Å². The van der Waals surface area contributed by atoms with Gasteiger partial charge in [-0.15, -0.1) is 0 Å². The average molecular weight is 398 g/mol. The average Bonchev–Trinajstić information content (AvgIpc) is 2.76. The number of hydrogen-bond acceptors (Lipinski definition) is 5. The van der Waals surface area contributed by atoms with Gasteiger partial charge in [-0.05, 0) is 43.4 Å². The molecule has 2 atom stereocenters. The molecule has 0 radical (unpaired) electrons. The minimum atomic E-state index is -0.841. The van der Waals surface area contributed by atoms with E-state index >= 15 is 0 Å². The zero-order chi connectivity index (χ0) is 20.4. The standard InChI is InChI=1S/C21H23N3O3S/c1-12-14-7-4-5-8-15(14)19-16(22)9-6-10-17(19)24(20(12)26)21(27)13(2)23-18(25)11-28-3/h4-10,12-13H,11,22H2,1-3H3,(H,23,25)/t12?,13-/m0/s1. The van der Waals surface area contributed by atoms with Crippen LogP contribution in [0.5, 0.6) is 0 Å². The number of nitrogen functional groups attached to an aromatic ring is 1. The molecule has 1 aliphatic heterocycles. The third-order valence-electron chi connectivity index (χ3n) is 4.85. The van der Waals surface area contributed by atoms with Gasteiger partial charge in [0.15, 0.2) is 0 Å². The number of benzene rings is 2. The molecule has 0 spiro atoms. The maximum atomic E-state index is 13.3. The monoisotopic (exact) mass is 397 g/mol. The van der Waals surface area contributed by atoms with Crippen molar-refractivity contribution in [3.05, 3.63) is 48.0 Å². The third-order valence-corrected chi connectivity index (χ3v) is 5.40. The Morgan fingerprint density at radius 3 is 2.64 bits per heavy atom. The number of nitrogens with zero attached hydrogens (tertiary/aromatic N) is 1. The van der Waals surface area contributed by atoms with Gasteiger partial charge in [0, 0.05) is 11.3 Å². The first-order chi connectivity index (χ1) is 13.4. The van der Waals surface area contributed by atoms with Gasteiger partial charge in [-0.1, -0.05) is 30.3 Å². The van der Waals surface area contributed by atoms with Gasteiger partial charge in [0.1, 0.15) is 6.04 Å². The highest BCUT2D eigenvalue weighted by molar-refractivity contribution is 7.99. The summed E-state index contributed by atoms with van der Waals surface area (Å²) in [6, 6.07) is 11.9. The van der Waals surface area contributed by atoms with Gasteiger partial charge in [-0.3, -0.25) is 14.4 Å². The van der Waals surface area contributed by atoms with Gasteiger partial charge in [0.2, 0.25) is 11.8 Å². The van der Waals surface area contributed by atoms with Gasteiger partial charge in [0.05, 0.1) is 17.4 Å². The molecule has 1 unspecified atom stereocenters. The molecule has 0 aliphatic carbocycles. The molecule has 0 fully saturated rings. The molecule has 2 aromatic rings. The number of carbonyl (C=O) groups is 3. The molecular weight excluding hydrogens is 374 g/mol. The summed E-state index contributed by atoms with van der Waals surface area (Å²) in [5.74, 6) is -1.35. The molecule has 0 aromatic heterocycles. The molecule has 3 rings (SSSR count). The van der Waals surface area contributed by atoms with Gasteiger partial charge in [-0.25, -0.2) is 4.90 Å². The number of rotatable bonds is 4. The van der Waals surface area contributed by atoms with Crippen molar-refractivity contribution in [2.24, 2.45) is 0 Å². The number of anilines is 2. The van der Waals surface area contributed by atoms with E-state index in [0.29, 0.717) is 16.9 Å². The molecule has 0 saturated carbocycles. The molecule has 6 nitrogen and oxygen atoms in total. The molecule has 0 bridgehead atoms. The highest BCUT2D eigenvalue weighted by Crippen LogP contribution is 2.43. The first kappa shape index (κ1) is 19.9. The van der Waals surface area contributed by atoms with Crippen LogP contribution in [0.15, 0.2) is 42.5 Å². The Balaban J connectivity index is 2.11. The lowest BCUT2D eigenvalue weighted by molar-refractivity contribution is -0.130. The fraction of sp³-hybridized carbons (Fsp3) is 0.286. The Labute approximate surface area is 168 Å². The topological polar surface area (TPSA) is 92.5 Å². The molecule has 1 aliphatic rings. The van der Waals surface area contributed by atoms with Crippen molar-refractivity contribution >= 4 is 40.9 Å². The van der Waals surface area contributed by atoms with Gasteiger partial charge in [0.25, 0.3) is 5.91 Å². The van der Waals surface area contributed by atoms with Gasteiger partial charge < -0.3 is 11.1 Å². The second-order valence-corrected chi connectivity index (χ2v) is 7.65. The lowest BCUT2D eigenvalue weighted by Crippen LogP contribution is -2.50. The maximum Gasteiger partial charge on any atom is 0.256 e. The highest BCUT2D eigenvalue weighted by Gasteiger charge is 2.37. The van der Waals surface area contributed by atoms with Crippen molar-refractivity contribution in [1.82, 2.24) is 5.32 Å². The van der Waals surface area contributed by atoms with E-state index in [2.05, 4.69) is 5.32 Å². The first-order valence-corrected chi connectivity index (χ1v) is 10.4. The van der Waals surface area contributed by atoms with Gasteiger partial charge in [-0.2, -0.15) is 11.8 Å². The number of carbonyl (C=O) groups excluding carboxylic acids is 3. The third kappa shape index (κ3) is 3.49. The molecule has 2 aromatic carbocycles. The SMILES string of the molecule is CSCC(=O)N[C@@H](C)C(=O)N1C(=O)C(C)c2ccccc2-c2c(N)cccc21. The quantitative estimate of drug-likeness (QED) is 0.774. The zero-order valence-electron chi connectivity index (χ0n) is 16.1. The van der Waals surface area contributed by atoms with Crippen molar-refractivity contribution < 1.29 is 14.4 Å². The van der Waals surface area contributed by atoms with Crippen molar-refractivity contribution in [2.75, 3.05) is 22.6 Å². The van der Waals surface area contributed by atoms with Crippen LogP contribution < -0.4 is 16.0 Å². The van der Waals surface area contributed by atoms with E-state index in [1.807, 2.05) is 30.5 Å². The van der Waals surface area contributed by atoms with E-state index in [9.17, 15) is 14.4 Å². The lowest BCUT2D eigenvalue weighted by atomic mass is 9.92. The molecule has 3 N–H and O–H groups in total. The second-order valence-electron chi connectivity index (χ2n) is 6.78. The van der Waals surface area contributed by atoms with E-state index in [4.69, 9.17) is 5.73 Å². The van der Waals surface area contributed by atoms with Crippen LogP contribution in [0, 0.1) is 0 Å². The Hall–Kier alpha value is -2.80. The van der Waals surface area contributed by atoms with Crippen LogP contribution in [0.1, 0.15) is 25.3 Å². The van der Waals surface area contributed by atoms with Crippen molar-refractivity contribution in [3.63, 3.8) is 0 Å². The van der Waals surface area contributed by atoms with Crippen molar-refractivity contribution in [2.45, 2.75) is 25.8 Å². The Kier molecular flexibility index (Phi) is 5.74. The molecule has 1 heterocycles. The Morgan fingerprint density at radius 2 is 1.93 bits per heavy atom.